The lowest BCUT2D eigenvalue weighted by Crippen LogP contribution is -2.51. The average Bonchev–Trinajstić information content (AvgIpc) is 3.29. The van der Waals surface area contributed by atoms with Crippen LogP contribution in [0.1, 0.15) is 64.0 Å². The third-order valence-corrected chi connectivity index (χ3v) is 8.20. The highest BCUT2D eigenvalue weighted by atomic mass is 16.2. The van der Waals surface area contributed by atoms with Crippen LogP contribution in [0, 0.1) is 23.7 Å². The van der Waals surface area contributed by atoms with Gasteiger partial charge in [-0.25, -0.2) is 0 Å². The number of carbonyl (C=O) groups is 2. The second kappa shape index (κ2) is 9.36. The zero-order valence-corrected chi connectivity index (χ0v) is 19.9. The summed E-state index contributed by atoms with van der Waals surface area (Å²) in [5, 5.41) is 7.05. The van der Waals surface area contributed by atoms with Gasteiger partial charge in [-0.15, -0.1) is 0 Å². The molecule has 1 saturated carbocycles. The molecule has 0 radical (unpaired) electrons. The predicted molar refractivity (Wildman–Crippen MR) is 132 cm³/mol. The normalized spacial score (nSPS) is 32.8. The number of benzene rings is 1. The molecule has 1 aromatic carbocycles. The SMILES string of the molecule is CC(C)C(=O)N[C@@H]1CCCC[C@@H]1C(=O)N1CC[C@@H]2[C@H](C3C=CC=CC3)Nc3ccccc3[C@@H]21. The van der Waals surface area contributed by atoms with Gasteiger partial charge in [0.25, 0.3) is 0 Å². The Kier molecular flexibility index (Phi) is 6.31. The number of rotatable bonds is 4. The van der Waals surface area contributed by atoms with Crippen LogP contribution in [0.2, 0.25) is 0 Å². The first-order valence-electron chi connectivity index (χ1n) is 12.8. The predicted octanol–water partition coefficient (Wildman–Crippen LogP) is 4.83. The molecule has 0 spiro atoms. The molecule has 2 heterocycles. The van der Waals surface area contributed by atoms with Crippen LogP contribution in [0.15, 0.2) is 48.6 Å². The minimum Gasteiger partial charge on any atom is -0.381 e. The van der Waals surface area contributed by atoms with Crippen molar-refractivity contribution in [3.63, 3.8) is 0 Å². The van der Waals surface area contributed by atoms with Gasteiger partial charge in [-0.05, 0) is 37.3 Å². The monoisotopic (exact) mass is 447 g/mol. The standard InChI is InChI=1S/C28H37N3O2/c1-18(2)27(32)30-24-15-9-7-13-21(24)28(33)31-17-16-22-25(19-10-4-3-5-11-19)29-23-14-8-6-12-20(23)26(22)31/h3-6,8,10,12,14,18-19,21-22,24-26,29H,7,9,11,13,15-17H2,1-2H3,(H,30,32)/t19?,21-,22+,24+,25-,26-/m0/s1. The number of hydrogen-bond acceptors (Lipinski definition) is 3. The summed E-state index contributed by atoms with van der Waals surface area (Å²) in [6.07, 6.45) is 14.8. The number of nitrogens with zero attached hydrogens (tertiary/aromatic N) is 1. The van der Waals surface area contributed by atoms with Crippen molar-refractivity contribution in [1.29, 1.82) is 0 Å². The highest BCUT2D eigenvalue weighted by Crippen LogP contribution is 2.49. The van der Waals surface area contributed by atoms with E-state index in [4.69, 9.17) is 0 Å². The first-order valence-corrected chi connectivity index (χ1v) is 12.8. The van der Waals surface area contributed by atoms with E-state index >= 15 is 0 Å². The van der Waals surface area contributed by atoms with Crippen molar-refractivity contribution in [3.05, 3.63) is 54.1 Å². The van der Waals surface area contributed by atoms with E-state index < -0.39 is 0 Å². The number of fused-ring (bicyclic) bond motifs is 3. The summed E-state index contributed by atoms with van der Waals surface area (Å²) < 4.78 is 0. The lowest BCUT2D eigenvalue weighted by atomic mass is 9.75. The van der Waals surface area contributed by atoms with E-state index in [0.29, 0.717) is 17.9 Å². The number of likely N-dealkylation sites (tertiary alicyclic amines) is 1. The molecule has 2 aliphatic carbocycles. The lowest BCUT2D eigenvalue weighted by molar-refractivity contribution is -0.139. The zero-order valence-electron chi connectivity index (χ0n) is 19.9. The number of allylic oxidation sites excluding steroid dienone is 3. The molecule has 1 unspecified atom stereocenters. The molecule has 2 amide bonds. The summed E-state index contributed by atoms with van der Waals surface area (Å²) in [6.45, 7) is 4.64. The number of anilines is 1. The molecule has 4 aliphatic rings. The smallest absolute Gasteiger partial charge is 0.228 e. The number of carbonyl (C=O) groups excluding carboxylic acids is 2. The molecule has 5 rings (SSSR count). The molecule has 0 bridgehead atoms. The van der Waals surface area contributed by atoms with E-state index in [1.807, 2.05) is 13.8 Å². The van der Waals surface area contributed by atoms with Gasteiger partial charge in [0.15, 0.2) is 0 Å². The van der Waals surface area contributed by atoms with Gasteiger partial charge < -0.3 is 15.5 Å². The number of amides is 2. The molecule has 2 fully saturated rings. The first-order chi connectivity index (χ1) is 16.0. The highest BCUT2D eigenvalue weighted by molar-refractivity contribution is 5.83. The Bertz CT molecular complexity index is 952. The van der Waals surface area contributed by atoms with Gasteiger partial charge in [0, 0.05) is 42.1 Å². The van der Waals surface area contributed by atoms with Gasteiger partial charge in [-0.1, -0.05) is 69.2 Å². The molecule has 33 heavy (non-hydrogen) atoms. The van der Waals surface area contributed by atoms with E-state index in [1.54, 1.807) is 0 Å². The van der Waals surface area contributed by atoms with Crippen molar-refractivity contribution >= 4 is 17.5 Å². The second-order valence-electron chi connectivity index (χ2n) is 10.6. The maximum atomic E-state index is 14.0. The molecule has 176 valence electrons. The maximum Gasteiger partial charge on any atom is 0.228 e. The molecule has 2 aliphatic heterocycles. The summed E-state index contributed by atoms with van der Waals surface area (Å²) in [5.74, 6) is 0.969. The molecule has 1 aromatic rings. The van der Waals surface area contributed by atoms with Gasteiger partial charge in [0.2, 0.25) is 11.8 Å². The molecule has 5 heteroatoms. The quantitative estimate of drug-likeness (QED) is 0.695. The molecule has 2 N–H and O–H groups in total. The third kappa shape index (κ3) is 4.22. The number of hydrogen-bond donors (Lipinski definition) is 2. The van der Waals surface area contributed by atoms with Gasteiger partial charge in [0.1, 0.15) is 0 Å². The largest absolute Gasteiger partial charge is 0.381 e. The van der Waals surface area contributed by atoms with Crippen molar-refractivity contribution in [2.75, 3.05) is 11.9 Å². The van der Waals surface area contributed by atoms with E-state index in [-0.39, 0.29) is 35.7 Å². The van der Waals surface area contributed by atoms with Crippen LogP contribution in [-0.2, 0) is 9.59 Å². The number of para-hydroxylation sites is 1. The maximum absolute atomic E-state index is 14.0. The Labute approximate surface area is 197 Å². The minimum atomic E-state index is -0.113. The van der Waals surface area contributed by atoms with E-state index in [9.17, 15) is 9.59 Å². The van der Waals surface area contributed by atoms with Crippen molar-refractivity contribution in [3.8, 4) is 0 Å². The topological polar surface area (TPSA) is 61.4 Å². The highest BCUT2D eigenvalue weighted by Gasteiger charge is 2.49. The van der Waals surface area contributed by atoms with Crippen molar-refractivity contribution < 1.29 is 9.59 Å². The molecule has 6 atom stereocenters. The van der Waals surface area contributed by atoms with Crippen LogP contribution in [-0.4, -0.2) is 35.3 Å². The molecular formula is C28H37N3O2. The van der Waals surface area contributed by atoms with Crippen LogP contribution < -0.4 is 10.6 Å². The van der Waals surface area contributed by atoms with Crippen LogP contribution >= 0.6 is 0 Å². The van der Waals surface area contributed by atoms with Gasteiger partial charge in [-0.3, -0.25) is 9.59 Å². The first kappa shape index (κ1) is 22.2. The Balaban J connectivity index is 1.42. The molecular weight excluding hydrogens is 410 g/mol. The van der Waals surface area contributed by atoms with E-state index in [0.717, 1.165) is 45.1 Å². The Morgan fingerprint density at radius 2 is 1.91 bits per heavy atom. The minimum absolute atomic E-state index is 0.0422. The Morgan fingerprint density at radius 3 is 2.70 bits per heavy atom. The van der Waals surface area contributed by atoms with Crippen molar-refractivity contribution in [2.45, 2.75) is 70.5 Å². The second-order valence-corrected chi connectivity index (χ2v) is 10.6. The van der Waals surface area contributed by atoms with Gasteiger partial charge in [-0.2, -0.15) is 0 Å². The fourth-order valence-electron chi connectivity index (χ4n) is 6.46. The average molecular weight is 448 g/mol. The summed E-state index contributed by atoms with van der Waals surface area (Å²) in [5.41, 5.74) is 2.42. The van der Waals surface area contributed by atoms with Crippen LogP contribution in [0.25, 0.3) is 0 Å². The van der Waals surface area contributed by atoms with E-state index in [1.165, 1.54) is 11.3 Å². The molecule has 0 aromatic heterocycles. The van der Waals surface area contributed by atoms with Crippen LogP contribution in [0.5, 0.6) is 0 Å². The lowest BCUT2D eigenvalue weighted by Gasteiger charge is -2.44. The third-order valence-electron chi connectivity index (χ3n) is 8.20. The number of nitrogens with one attached hydrogen (secondary N) is 2. The fraction of sp³-hybridized carbons (Fsp3) is 0.571. The van der Waals surface area contributed by atoms with E-state index in [2.05, 4.69) is 64.1 Å². The Hall–Kier alpha value is -2.56. The van der Waals surface area contributed by atoms with Crippen molar-refractivity contribution in [1.82, 2.24) is 10.2 Å². The molecule has 1 saturated heterocycles. The summed E-state index contributed by atoms with van der Waals surface area (Å²) in [7, 11) is 0. The van der Waals surface area contributed by atoms with Crippen LogP contribution in [0.4, 0.5) is 5.69 Å². The van der Waals surface area contributed by atoms with Crippen LogP contribution in [0.3, 0.4) is 0 Å². The zero-order chi connectivity index (χ0) is 22.9. The van der Waals surface area contributed by atoms with Crippen molar-refractivity contribution in [2.24, 2.45) is 23.7 Å². The molecule has 5 nitrogen and oxygen atoms in total. The summed E-state index contributed by atoms with van der Waals surface area (Å²) in [6, 6.07) is 8.92. The summed E-state index contributed by atoms with van der Waals surface area (Å²) in [4.78, 5) is 28.7. The Morgan fingerprint density at radius 1 is 1.09 bits per heavy atom. The summed E-state index contributed by atoms with van der Waals surface area (Å²) >= 11 is 0. The fourth-order valence-corrected chi connectivity index (χ4v) is 6.46. The van der Waals surface area contributed by atoms with Gasteiger partial charge in [0.05, 0.1) is 12.0 Å². The van der Waals surface area contributed by atoms with Gasteiger partial charge >= 0.3 is 0 Å².